The zero-order valence-electron chi connectivity index (χ0n) is 11.3. The Morgan fingerprint density at radius 1 is 1.30 bits per heavy atom. The van der Waals surface area contributed by atoms with Crippen molar-refractivity contribution >= 4 is 10.0 Å². The molecule has 0 fully saturated rings. The summed E-state index contributed by atoms with van der Waals surface area (Å²) in [5.41, 5.74) is 0. The van der Waals surface area contributed by atoms with Crippen molar-refractivity contribution in [2.45, 2.75) is 18.2 Å². The van der Waals surface area contributed by atoms with Gasteiger partial charge in [0, 0.05) is 12.6 Å². The molecule has 6 heteroatoms. The van der Waals surface area contributed by atoms with E-state index < -0.39 is 10.0 Å². The monoisotopic (exact) mass is 295 g/mol. The summed E-state index contributed by atoms with van der Waals surface area (Å²) in [4.78, 5) is 0.172. The number of hydrogen-bond donors (Lipinski definition) is 0. The topological polar surface area (TPSA) is 55.8 Å². The van der Waals surface area contributed by atoms with Crippen molar-refractivity contribution in [2.24, 2.45) is 0 Å². The van der Waals surface area contributed by atoms with Crippen LogP contribution >= 0.6 is 0 Å². The lowest BCUT2D eigenvalue weighted by atomic mass is 10.3. The Balaban J connectivity index is 2.35. The summed E-state index contributed by atoms with van der Waals surface area (Å²) >= 11 is 0. The molecule has 0 bridgehead atoms. The second kappa shape index (κ2) is 6.16. The van der Waals surface area contributed by atoms with Crippen LogP contribution < -0.4 is 9.47 Å². The van der Waals surface area contributed by atoms with Crippen molar-refractivity contribution in [3.63, 3.8) is 0 Å². The summed E-state index contributed by atoms with van der Waals surface area (Å²) < 4.78 is 37.1. The van der Waals surface area contributed by atoms with E-state index in [1.54, 1.807) is 6.07 Å². The third-order valence-corrected chi connectivity index (χ3v) is 4.73. The number of ether oxygens (including phenoxy) is 2. The molecule has 0 spiro atoms. The maximum Gasteiger partial charge on any atom is 0.244 e. The highest BCUT2D eigenvalue weighted by atomic mass is 32.2. The Labute approximate surface area is 119 Å². The molecule has 1 heterocycles. The van der Waals surface area contributed by atoms with Crippen molar-refractivity contribution in [3.05, 3.63) is 18.2 Å². The van der Waals surface area contributed by atoms with Crippen LogP contribution in [0.1, 0.15) is 13.3 Å². The first kappa shape index (κ1) is 14.7. The molecule has 0 N–H and O–H groups in total. The summed E-state index contributed by atoms with van der Waals surface area (Å²) in [7, 11) is -3.60. The van der Waals surface area contributed by atoms with Gasteiger partial charge in [-0.3, -0.25) is 0 Å². The first-order valence-corrected chi connectivity index (χ1v) is 7.87. The molecule has 5 nitrogen and oxygen atoms in total. The normalized spacial score (nSPS) is 14.1. The minimum absolute atomic E-state index is 0.0601. The van der Waals surface area contributed by atoms with Crippen LogP contribution in [0, 0.1) is 12.3 Å². The van der Waals surface area contributed by atoms with Crippen LogP contribution in [0.25, 0.3) is 0 Å². The molecule has 1 aromatic rings. The Morgan fingerprint density at radius 2 is 2.00 bits per heavy atom. The van der Waals surface area contributed by atoms with E-state index in [-0.39, 0.29) is 11.4 Å². The molecule has 0 aromatic heterocycles. The molecule has 0 radical (unpaired) electrons. The number of rotatable bonds is 5. The number of hydrogen-bond acceptors (Lipinski definition) is 4. The highest BCUT2D eigenvalue weighted by molar-refractivity contribution is 7.89. The number of sulfonamides is 1. The van der Waals surface area contributed by atoms with Gasteiger partial charge in [0.2, 0.25) is 10.0 Å². The largest absolute Gasteiger partial charge is 0.486 e. The van der Waals surface area contributed by atoms with E-state index in [4.69, 9.17) is 15.9 Å². The summed E-state index contributed by atoms with van der Waals surface area (Å²) in [5, 5.41) is 0. The van der Waals surface area contributed by atoms with E-state index in [1.165, 1.54) is 16.4 Å². The van der Waals surface area contributed by atoms with Crippen LogP contribution in [0.5, 0.6) is 11.5 Å². The molecule has 0 saturated carbocycles. The molecule has 0 unspecified atom stereocenters. The summed E-state index contributed by atoms with van der Waals surface area (Å²) in [5.74, 6) is 3.40. The van der Waals surface area contributed by atoms with Crippen LogP contribution in [0.15, 0.2) is 23.1 Å². The minimum Gasteiger partial charge on any atom is -0.486 e. The lowest BCUT2D eigenvalue weighted by Gasteiger charge is -2.22. The van der Waals surface area contributed by atoms with E-state index in [0.717, 1.165) is 0 Å². The van der Waals surface area contributed by atoms with Gasteiger partial charge >= 0.3 is 0 Å². The van der Waals surface area contributed by atoms with E-state index in [0.29, 0.717) is 37.7 Å². The van der Waals surface area contributed by atoms with E-state index in [9.17, 15) is 8.42 Å². The third kappa shape index (κ3) is 2.89. The lowest BCUT2D eigenvalue weighted by molar-refractivity contribution is 0.171. The van der Waals surface area contributed by atoms with E-state index in [1.807, 2.05) is 6.92 Å². The fourth-order valence-corrected chi connectivity index (χ4v) is 3.43. The fourth-order valence-electron chi connectivity index (χ4n) is 1.97. The Morgan fingerprint density at radius 3 is 2.65 bits per heavy atom. The quantitative estimate of drug-likeness (QED) is 0.772. The van der Waals surface area contributed by atoms with Gasteiger partial charge in [0.1, 0.15) is 13.2 Å². The van der Waals surface area contributed by atoms with Gasteiger partial charge in [-0.1, -0.05) is 12.8 Å². The van der Waals surface area contributed by atoms with Gasteiger partial charge in [-0.05, 0) is 18.6 Å². The van der Waals surface area contributed by atoms with Crippen molar-refractivity contribution in [1.29, 1.82) is 0 Å². The highest BCUT2D eigenvalue weighted by Gasteiger charge is 2.25. The predicted molar refractivity (Wildman–Crippen MR) is 75.3 cm³/mol. The number of nitrogens with zero attached hydrogens (tertiary/aromatic N) is 1. The molecule has 0 atom stereocenters. The molecule has 1 aliphatic heterocycles. The van der Waals surface area contributed by atoms with E-state index in [2.05, 4.69) is 5.92 Å². The number of fused-ring (bicyclic) bond motifs is 1. The molecule has 0 aliphatic carbocycles. The van der Waals surface area contributed by atoms with Gasteiger partial charge in [-0.2, -0.15) is 4.31 Å². The first-order valence-electron chi connectivity index (χ1n) is 6.43. The van der Waals surface area contributed by atoms with Crippen LogP contribution in [-0.4, -0.2) is 39.0 Å². The van der Waals surface area contributed by atoms with Gasteiger partial charge in [-0.25, -0.2) is 8.42 Å². The van der Waals surface area contributed by atoms with Crippen LogP contribution in [-0.2, 0) is 10.0 Å². The average molecular weight is 295 g/mol. The van der Waals surface area contributed by atoms with Gasteiger partial charge in [-0.15, -0.1) is 6.42 Å². The molecule has 0 saturated heterocycles. The number of terminal acetylenes is 1. The van der Waals surface area contributed by atoms with Gasteiger partial charge in [0.15, 0.2) is 11.5 Å². The van der Waals surface area contributed by atoms with Gasteiger partial charge in [0.25, 0.3) is 0 Å². The molecule has 1 aromatic carbocycles. The molecule has 108 valence electrons. The third-order valence-electron chi connectivity index (χ3n) is 2.89. The van der Waals surface area contributed by atoms with Crippen molar-refractivity contribution in [1.82, 2.24) is 4.31 Å². The number of benzene rings is 1. The highest BCUT2D eigenvalue weighted by Crippen LogP contribution is 2.33. The predicted octanol–water partition coefficient (Wildman–Crippen LogP) is 1.49. The van der Waals surface area contributed by atoms with Crippen LogP contribution in [0.4, 0.5) is 0 Å². The Hall–Kier alpha value is -1.71. The zero-order chi connectivity index (χ0) is 14.6. The molecule has 20 heavy (non-hydrogen) atoms. The Kier molecular flexibility index (Phi) is 4.53. The molecule has 2 rings (SSSR count). The van der Waals surface area contributed by atoms with Crippen LogP contribution in [0.2, 0.25) is 0 Å². The second-order valence-corrected chi connectivity index (χ2v) is 6.29. The van der Waals surface area contributed by atoms with Gasteiger partial charge < -0.3 is 9.47 Å². The molecular weight excluding hydrogens is 278 g/mol. The van der Waals surface area contributed by atoms with Crippen molar-refractivity contribution in [3.8, 4) is 23.8 Å². The molecule has 0 amide bonds. The van der Waals surface area contributed by atoms with Gasteiger partial charge in [0.05, 0.1) is 11.4 Å². The summed E-state index contributed by atoms with van der Waals surface area (Å²) in [6.07, 6.45) is 5.94. The maximum atomic E-state index is 12.5. The zero-order valence-corrected chi connectivity index (χ0v) is 12.1. The smallest absolute Gasteiger partial charge is 0.244 e. The maximum absolute atomic E-state index is 12.5. The fraction of sp³-hybridized carbons (Fsp3) is 0.429. The van der Waals surface area contributed by atoms with Crippen molar-refractivity contribution < 1.29 is 17.9 Å². The molecular formula is C14H17NO4S. The summed E-state index contributed by atoms with van der Waals surface area (Å²) in [6, 6.07) is 4.62. The van der Waals surface area contributed by atoms with Crippen LogP contribution in [0.3, 0.4) is 0 Å². The first-order chi connectivity index (χ1) is 9.59. The average Bonchev–Trinajstić information content (AvgIpc) is 2.46. The van der Waals surface area contributed by atoms with Crippen molar-refractivity contribution in [2.75, 3.05) is 26.3 Å². The SMILES string of the molecule is C#CCN(CCC)S(=O)(=O)c1ccc2c(c1)OCCO2. The standard InChI is InChI=1S/C14H17NO4S/c1-3-7-15(8-4-2)20(16,17)12-5-6-13-14(11-12)19-10-9-18-13/h1,5-6,11H,4,7-10H2,2H3. The minimum atomic E-state index is -3.60. The van der Waals surface area contributed by atoms with E-state index >= 15 is 0 Å². The Bertz CT molecular complexity index is 619. The molecule has 1 aliphatic rings. The second-order valence-electron chi connectivity index (χ2n) is 4.35. The lowest BCUT2D eigenvalue weighted by Crippen LogP contribution is -2.32. The summed E-state index contributed by atoms with van der Waals surface area (Å²) in [6.45, 7) is 3.24.